The largest absolute Gasteiger partial charge is 0.704 e. The minimum absolute atomic E-state index is 0.520. The molecule has 32 heavy (non-hydrogen) atoms. The van der Waals surface area contributed by atoms with E-state index in [1.807, 2.05) is 13.8 Å². The molecule has 1 fully saturated rings. The van der Waals surface area contributed by atoms with Crippen LogP contribution in [0, 0.1) is 10.1 Å². The summed E-state index contributed by atoms with van der Waals surface area (Å²) in [6, 6.07) is 0. The number of nitroso groups, excluding NO2 is 1. The first-order chi connectivity index (χ1) is 15.4. The molecule has 4 nitrogen and oxygen atoms in total. The summed E-state index contributed by atoms with van der Waals surface area (Å²) in [7, 11) is 0. The average molecular weight is 453 g/mol. The first kappa shape index (κ1) is 29.4. The molecule has 0 saturated carbocycles. The minimum Gasteiger partial charge on any atom is -0.704 e. The normalized spacial score (nSPS) is 23.0. The van der Waals surface area contributed by atoms with Crippen LogP contribution in [0.25, 0.3) is 0 Å². The van der Waals surface area contributed by atoms with Crippen molar-refractivity contribution >= 4 is 0 Å². The SMILES string of the molecule is CCCCCCCCCCCCC1(C)N([O-])[N+](=O)C1(C)CCCCCCCCCCCC. The third-order valence-electron chi connectivity index (χ3n) is 8.20. The third-order valence-corrected chi connectivity index (χ3v) is 8.20. The van der Waals surface area contributed by atoms with Gasteiger partial charge in [-0.15, -0.1) is 0 Å². The van der Waals surface area contributed by atoms with Gasteiger partial charge >= 0.3 is 0 Å². The van der Waals surface area contributed by atoms with E-state index in [4.69, 9.17) is 0 Å². The monoisotopic (exact) mass is 452 g/mol. The lowest BCUT2D eigenvalue weighted by Crippen LogP contribution is -2.78. The van der Waals surface area contributed by atoms with Crippen LogP contribution < -0.4 is 0 Å². The molecule has 1 saturated heterocycles. The van der Waals surface area contributed by atoms with Crippen LogP contribution in [0.15, 0.2) is 0 Å². The van der Waals surface area contributed by atoms with Crippen molar-refractivity contribution in [3.8, 4) is 0 Å². The third kappa shape index (κ3) is 9.31. The molecule has 190 valence electrons. The predicted octanol–water partition coefficient (Wildman–Crippen LogP) is 9.63. The fourth-order valence-corrected chi connectivity index (χ4v) is 5.41. The van der Waals surface area contributed by atoms with Crippen molar-refractivity contribution in [1.29, 1.82) is 0 Å². The molecule has 0 aromatic heterocycles. The van der Waals surface area contributed by atoms with E-state index < -0.39 is 11.1 Å². The average Bonchev–Trinajstić information content (AvgIpc) is 2.80. The molecule has 0 aromatic carbocycles. The Labute approximate surface area is 200 Å². The van der Waals surface area contributed by atoms with Gasteiger partial charge in [-0.1, -0.05) is 136 Å². The highest BCUT2D eigenvalue weighted by Crippen LogP contribution is 2.48. The van der Waals surface area contributed by atoms with Crippen LogP contribution in [0.1, 0.15) is 169 Å². The van der Waals surface area contributed by atoms with E-state index in [1.165, 1.54) is 116 Å². The maximum absolute atomic E-state index is 12.4. The van der Waals surface area contributed by atoms with Gasteiger partial charge in [-0.3, -0.25) is 0 Å². The lowest BCUT2D eigenvalue weighted by Gasteiger charge is -2.56. The minimum atomic E-state index is -0.520. The van der Waals surface area contributed by atoms with E-state index >= 15 is 0 Å². The van der Waals surface area contributed by atoms with E-state index in [2.05, 4.69) is 13.8 Å². The molecular weight excluding hydrogens is 396 g/mol. The molecule has 0 N–H and O–H groups in total. The molecule has 4 heteroatoms. The highest BCUT2D eigenvalue weighted by atomic mass is 16.6. The van der Waals surface area contributed by atoms with E-state index in [9.17, 15) is 10.1 Å². The molecule has 0 spiro atoms. The Hall–Kier alpha value is -0.640. The fraction of sp³-hybridized carbons (Fsp3) is 1.00. The van der Waals surface area contributed by atoms with Crippen molar-refractivity contribution in [2.24, 2.45) is 0 Å². The van der Waals surface area contributed by atoms with Crippen molar-refractivity contribution in [2.45, 2.75) is 180 Å². The van der Waals surface area contributed by atoms with Gasteiger partial charge in [0.1, 0.15) is 4.87 Å². The van der Waals surface area contributed by atoms with Crippen molar-refractivity contribution < 1.29 is 4.87 Å². The molecule has 1 aliphatic heterocycles. The van der Waals surface area contributed by atoms with E-state index in [0.29, 0.717) is 0 Å². The first-order valence-corrected chi connectivity index (χ1v) is 14.4. The Bertz CT molecular complexity index is 484. The Morgan fingerprint density at radius 2 is 0.875 bits per heavy atom. The van der Waals surface area contributed by atoms with Gasteiger partial charge in [0.25, 0.3) is 5.54 Å². The number of hydroxylamine groups is 1. The lowest BCUT2D eigenvalue weighted by molar-refractivity contribution is -0.853. The highest BCUT2D eigenvalue weighted by molar-refractivity contribution is 5.05. The smallest absolute Gasteiger partial charge is 0.267 e. The summed E-state index contributed by atoms with van der Waals surface area (Å²) in [5.41, 5.74) is -1.04. The van der Waals surface area contributed by atoms with Crippen molar-refractivity contribution in [3.63, 3.8) is 0 Å². The standard InChI is InChI=1S/C28H56N2O2/c1-5-7-9-11-13-15-17-19-21-23-25-27(3)28(4,30(32)29(27)31)26-24-22-20-18-16-14-12-10-8-6-2/h5-26H2,1-4H3. The zero-order chi connectivity index (χ0) is 23.7. The number of nitrogens with zero attached hydrogens (tertiary/aromatic N) is 2. The number of unbranched alkanes of at least 4 members (excludes halogenated alkanes) is 18. The topological polar surface area (TPSA) is 46.4 Å². The molecule has 1 aliphatic rings. The van der Waals surface area contributed by atoms with Crippen LogP contribution in [-0.4, -0.2) is 21.1 Å². The number of hydrogen-bond donors (Lipinski definition) is 0. The molecule has 2 unspecified atom stereocenters. The Kier molecular flexibility index (Phi) is 15.5. The van der Waals surface area contributed by atoms with Crippen LogP contribution in [0.3, 0.4) is 0 Å². The quantitative estimate of drug-likeness (QED) is 0.121. The van der Waals surface area contributed by atoms with Gasteiger partial charge in [0.15, 0.2) is 5.54 Å². The number of hydrazine groups is 1. The zero-order valence-electron chi connectivity index (χ0n) is 22.3. The van der Waals surface area contributed by atoms with Crippen LogP contribution >= 0.6 is 0 Å². The Morgan fingerprint density at radius 3 is 1.25 bits per heavy atom. The molecule has 0 bridgehead atoms. The van der Waals surface area contributed by atoms with Crippen LogP contribution in [0.4, 0.5) is 0 Å². The van der Waals surface area contributed by atoms with Crippen LogP contribution in [0.2, 0.25) is 0 Å². The molecule has 0 radical (unpaired) electrons. The van der Waals surface area contributed by atoms with Gasteiger partial charge in [0.2, 0.25) is 0 Å². The Morgan fingerprint density at radius 1 is 0.562 bits per heavy atom. The molecule has 1 rings (SSSR count). The van der Waals surface area contributed by atoms with Crippen molar-refractivity contribution in [1.82, 2.24) is 5.17 Å². The van der Waals surface area contributed by atoms with Gasteiger partial charge in [-0.2, -0.15) is 5.17 Å². The second kappa shape index (κ2) is 16.9. The van der Waals surface area contributed by atoms with Gasteiger partial charge in [0, 0.05) is 13.3 Å². The summed E-state index contributed by atoms with van der Waals surface area (Å²) in [4.78, 5) is 13.1. The molecule has 2 atom stereocenters. The predicted molar refractivity (Wildman–Crippen MR) is 139 cm³/mol. The van der Waals surface area contributed by atoms with Crippen molar-refractivity contribution in [3.05, 3.63) is 10.1 Å². The van der Waals surface area contributed by atoms with Crippen molar-refractivity contribution in [2.75, 3.05) is 0 Å². The van der Waals surface area contributed by atoms with Gasteiger partial charge in [-0.25, -0.2) is 0 Å². The first-order valence-electron chi connectivity index (χ1n) is 14.4. The van der Waals surface area contributed by atoms with E-state index in [-0.39, 0.29) is 0 Å². The summed E-state index contributed by atoms with van der Waals surface area (Å²) in [5.74, 6) is 0. The summed E-state index contributed by atoms with van der Waals surface area (Å²) in [5, 5.41) is 13.1. The fourth-order valence-electron chi connectivity index (χ4n) is 5.41. The van der Waals surface area contributed by atoms with E-state index in [0.717, 1.165) is 35.7 Å². The molecular formula is C28H56N2O2. The highest BCUT2D eigenvalue weighted by Gasteiger charge is 2.70. The van der Waals surface area contributed by atoms with Gasteiger partial charge in [-0.05, 0) is 19.8 Å². The lowest BCUT2D eigenvalue weighted by atomic mass is 9.69. The van der Waals surface area contributed by atoms with Gasteiger partial charge < -0.3 is 5.21 Å². The molecule has 1 heterocycles. The zero-order valence-corrected chi connectivity index (χ0v) is 22.3. The second-order valence-corrected chi connectivity index (χ2v) is 11.0. The van der Waals surface area contributed by atoms with E-state index in [1.54, 1.807) is 0 Å². The van der Waals surface area contributed by atoms with Crippen LogP contribution in [0.5, 0.6) is 0 Å². The molecule has 0 amide bonds. The summed E-state index contributed by atoms with van der Waals surface area (Å²) < 4.78 is 0. The molecule has 0 aromatic rings. The summed E-state index contributed by atoms with van der Waals surface area (Å²) in [6.45, 7) is 8.58. The second-order valence-electron chi connectivity index (χ2n) is 11.0. The number of rotatable bonds is 22. The van der Waals surface area contributed by atoms with Crippen LogP contribution in [-0.2, 0) is 0 Å². The number of hydrogen-bond acceptors (Lipinski definition) is 2. The summed E-state index contributed by atoms with van der Waals surface area (Å²) in [6.07, 6.45) is 27.7. The maximum Gasteiger partial charge on any atom is 0.267 e. The Balaban J connectivity index is 2.16. The summed E-state index contributed by atoms with van der Waals surface area (Å²) >= 11 is 0. The maximum atomic E-state index is 12.4. The van der Waals surface area contributed by atoms with Gasteiger partial charge in [0.05, 0.1) is 4.91 Å². The molecule has 0 aliphatic carbocycles.